The molecule has 0 atom stereocenters. The van der Waals surface area contributed by atoms with Gasteiger partial charge in [-0.3, -0.25) is 4.72 Å². The Kier molecular flexibility index (Phi) is 5.75. The number of aryl methyl sites for hydroxylation is 2. The van der Waals surface area contributed by atoms with Crippen molar-refractivity contribution >= 4 is 21.4 Å². The zero-order valence-corrected chi connectivity index (χ0v) is 19.1. The van der Waals surface area contributed by atoms with E-state index >= 15 is 0 Å². The van der Waals surface area contributed by atoms with Crippen LogP contribution in [-0.2, 0) is 10.0 Å². The first-order valence-corrected chi connectivity index (χ1v) is 11.6. The minimum atomic E-state index is -3.93. The van der Waals surface area contributed by atoms with E-state index in [1.54, 1.807) is 53.2 Å². The number of aromatic nitrogens is 3. The molecule has 0 radical (unpaired) electrons. The molecule has 1 N–H and O–H groups in total. The Labute approximate surface area is 186 Å². The van der Waals surface area contributed by atoms with Crippen LogP contribution in [0.2, 0.25) is 0 Å². The van der Waals surface area contributed by atoms with Crippen LogP contribution < -0.4 is 14.2 Å². The van der Waals surface area contributed by atoms with Crippen molar-refractivity contribution in [1.29, 1.82) is 0 Å². The van der Waals surface area contributed by atoms with Gasteiger partial charge in [0.2, 0.25) is 0 Å². The molecule has 0 saturated heterocycles. The van der Waals surface area contributed by atoms with Gasteiger partial charge in [-0.1, -0.05) is 6.07 Å². The number of rotatable bonds is 7. The topological polar surface area (TPSA) is 94.8 Å². The Balaban J connectivity index is 1.75. The van der Waals surface area contributed by atoms with Crippen molar-refractivity contribution in [2.75, 3.05) is 18.4 Å². The second-order valence-corrected chi connectivity index (χ2v) is 8.91. The normalized spacial score (nSPS) is 11.5. The molecule has 4 aromatic rings. The molecule has 166 valence electrons. The highest BCUT2D eigenvalue weighted by molar-refractivity contribution is 7.92. The smallest absolute Gasteiger partial charge is 0.265 e. The quantitative estimate of drug-likeness (QED) is 0.451. The predicted molar refractivity (Wildman–Crippen MR) is 123 cm³/mol. The van der Waals surface area contributed by atoms with Crippen LogP contribution >= 0.6 is 0 Å². The molecule has 0 saturated carbocycles. The molecule has 0 bridgehead atoms. The summed E-state index contributed by atoms with van der Waals surface area (Å²) in [6.45, 7) is 6.28. The predicted octanol–water partition coefficient (Wildman–Crippen LogP) is 4.22. The standard InChI is InChI=1S/C23H24N4O4S/c1-5-31-19-9-7-18(8-10-19)26-32(28,29)22-13-17(6-11-21(22)30-4)20-14-24-27-16(3)12-15(2)25-23(20)27/h6-14,26H,5H2,1-4H3. The lowest BCUT2D eigenvalue weighted by Crippen LogP contribution is -2.14. The van der Waals surface area contributed by atoms with Crippen LogP contribution in [0.15, 0.2) is 59.6 Å². The van der Waals surface area contributed by atoms with E-state index in [-0.39, 0.29) is 10.6 Å². The first kappa shape index (κ1) is 21.6. The highest BCUT2D eigenvalue weighted by Crippen LogP contribution is 2.33. The number of sulfonamides is 1. The lowest BCUT2D eigenvalue weighted by atomic mass is 10.1. The Morgan fingerprint density at radius 1 is 1.06 bits per heavy atom. The molecule has 9 heteroatoms. The zero-order valence-electron chi connectivity index (χ0n) is 18.3. The van der Waals surface area contributed by atoms with E-state index in [2.05, 4.69) is 14.8 Å². The summed E-state index contributed by atoms with van der Waals surface area (Å²) in [7, 11) is -2.49. The maximum absolute atomic E-state index is 13.2. The van der Waals surface area contributed by atoms with Crippen LogP contribution in [0.25, 0.3) is 16.8 Å². The van der Waals surface area contributed by atoms with Gasteiger partial charge in [0, 0.05) is 22.6 Å². The van der Waals surface area contributed by atoms with Crippen LogP contribution in [0.4, 0.5) is 5.69 Å². The highest BCUT2D eigenvalue weighted by Gasteiger charge is 2.22. The van der Waals surface area contributed by atoms with Gasteiger partial charge in [-0.05, 0) is 68.8 Å². The molecular formula is C23H24N4O4S. The van der Waals surface area contributed by atoms with Crippen molar-refractivity contribution in [3.8, 4) is 22.6 Å². The number of fused-ring (bicyclic) bond motifs is 1. The maximum Gasteiger partial charge on any atom is 0.265 e. The third-order valence-corrected chi connectivity index (χ3v) is 6.36. The van der Waals surface area contributed by atoms with Gasteiger partial charge in [-0.25, -0.2) is 17.9 Å². The highest BCUT2D eigenvalue weighted by atomic mass is 32.2. The summed E-state index contributed by atoms with van der Waals surface area (Å²) >= 11 is 0. The fourth-order valence-corrected chi connectivity index (χ4v) is 4.78. The van der Waals surface area contributed by atoms with Gasteiger partial charge in [0.25, 0.3) is 10.0 Å². The molecule has 32 heavy (non-hydrogen) atoms. The van der Waals surface area contributed by atoms with Gasteiger partial charge in [0.1, 0.15) is 16.4 Å². The summed E-state index contributed by atoms with van der Waals surface area (Å²) in [5, 5.41) is 4.41. The molecule has 2 heterocycles. The van der Waals surface area contributed by atoms with Crippen molar-refractivity contribution < 1.29 is 17.9 Å². The van der Waals surface area contributed by atoms with Crippen molar-refractivity contribution in [3.63, 3.8) is 0 Å². The van der Waals surface area contributed by atoms with E-state index in [1.165, 1.54) is 7.11 Å². The summed E-state index contributed by atoms with van der Waals surface area (Å²) in [5.41, 5.74) is 4.29. The van der Waals surface area contributed by atoms with Gasteiger partial charge in [0.15, 0.2) is 5.65 Å². The van der Waals surface area contributed by atoms with Gasteiger partial charge in [-0.15, -0.1) is 0 Å². The number of nitrogens with zero attached hydrogens (tertiary/aromatic N) is 3. The van der Waals surface area contributed by atoms with Crippen LogP contribution in [-0.4, -0.2) is 36.7 Å². The number of hydrogen-bond donors (Lipinski definition) is 1. The van der Waals surface area contributed by atoms with Crippen LogP contribution in [0, 0.1) is 13.8 Å². The lowest BCUT2D eigenvalue weighted by molar-refractivity contribution is 0.340. The Bertz CT molecular complexity index is 1380. The minimum Gasteiger partial charge on any atom is -0.495 e. The minimum absolute atomic E-state index is 0.0232. The Morgan fingerprint density at radius 2 is 1.81 bits per heavy atom. The van der Waals surface area contributed by atoms with E-state index in [4.69, 9.17) is 9.47 Å². The largest absolute Gasteiger partial charge is 0.495 e. The van der Waals surface area contributed by atoms with Gasteiger partial charge in [0.05, 0.1) is 19.9 Å². The average Bonchev–Trinajstić information content (AvgIpc) is 3.19. The third kappa shape index (κ3) is 4.11. The molecule has 0 aliphatic heterocycles. The van der Waals surface area contributed by atoms with Gasteiger partial charge < -0.3 is 9.47 Å². The maximum atomic E-state index is 13.2. The third-order valence-electron chi connectivity index (χ3n) is 4.96. The molecule has 0 spiro atoms. The molecule has 0 unspecified atom stereocenters. The molecule has 0 aliphatic rings. The number of anilines is 1. The van der Waals surface area contributed by atoms with Crippen molar-refractivity contribution in [3.05, 3.63) is 66.1 Å². The molecular weight excluding hydrogens is 428 g/mol. The number of nitrogens with one attached hydrogen (secondary N) is 1. The summed E-state index contributed by atoms with van der Waals surface area (Å²) in [4.78, 5) is 4.61. The zero-order chi connectivity index (χ0) is 22.9. The molecule has 8 nitrogen and oxygen atoms in total. The van der Waals surface area contributed by atoms with E-state index in [0.29, 0.717) is 29.3 Å². The van der Waals surface area contributed by atoms with E-state index < -0.39 is 10.0 Å². The summed E-state index contributed by atoms with van der Waals surface area (Å²) < 4.78 is 41.5. The van der Waals surface area contributed by atoms with Crippen molar-refractivity contribution in [1.82, 2.24) is 14.6 Å². The SMILES string of the molecule is CCOc1ccc(NS(=O)(=O)c2cc(-c3cnn4c(C)cc(C)nc34)ccc2OC)cc1. The molecule has 0 aliphatic carbocycles. The summed E-state index contributed by atoms with van der Waals surface area (Å²) in [5.74, 6) is 0.908. The average molecular weight is 453 g/mol. The van der Waals surface area contributed by atoms with E-state index in [9.17, 15) is 8.42 Å². The van der Waals surface area contributed by atoms with Crippen LogP contribution in [0.5, 0.6) is 11.5 Å². The first-order valence-electron chi connectivity index (χ1n) is 10.1. The number of hydrogen-bond acceptors (Lipinski definition) is 6. The second kappa shape index (κ2) is 8.51. The van der Waals surface area contributed by atoms with E-state index in [0.717, 1.165) is 17.0 Å². The van der Waals surface area contributed by atoms with Crippen molar-refractivity contribution in [2.45, 2.75) is 25.7 Å². The van der Waals surface area contributed by atoms with Crippen molar-refractivity contribution in [2.24, 2.45) is 0 Å². The fourth-order valence-electron chi connectivity index (χ4n) is 3.52. The molecule has 0 fully saturated rings. The summed E-state index contributed by atoms with van der Waals surface area (Å²) in [6, 6.07) is 13.7. The first-order chi connectivity index (χ1) is 15.3. The molecule has 4 rings (SSSR count). The van der Waals surface area contributed by atoms with Crippen LogP contribution in [0.1, 0.15) is 18.3 Å². The van der Waals surface area contributed by atoms with Crippen LogP contribution in [0.3, 0.4) is 0 Å². The Morgan fingerprint density at radius 3 is 2.50 bits per heavy atom. The molecule has 0 amide bonds. The molecule has 2 aromatic carbocycles. The van der Waals surface area contributed by atoms with Gasteiger partial charge in [-0.2, -0.15) is 5.10 Å². The van der Waals surface area contributed by atoms with Gasteiger partial charge >= 0.3 is 0 Å². The van der Waals surface area contributed by atoms with E-state index in [1.807, 2.05) is 26.8 Å². The second-order valence-electron chi connectivity index (χ2n) is 7.26. The number of ether oxygens (including phenoxy) is 2. The monoisotopic (exact) mass is 452 g/mol. The number of methoxy groups -OCH3 is 1. The summed E-state index contributed by atoms with van der Waals surface area (Å²) in [6.07, 6.45) is 1.69. The number of benzene rings is 2. The fraction of sp³-hybridized carbons (Fsp3) is 0.217. The lowest BCUT2D eigenvalue weighted by Gasteiger charge is -2.13. The Hall–Kier alpha value is -3.59. The molecule has 2 aromatic heterocycles.